The first-order valence-corrected chi connectivity index (χ1v) is 11.7. The molecule has 0 atom stereocenters. The van der Waals surface area contributed by atoms with Crippen molar-refractivity contribution in [2.75, 3.05) is 45.3 Å². The number of methoxy groups -OCH3 is 2. The summed E-state index contributed by atoms with van der Waals surface area (Å²) in [6, 6.07) is 13.9. The number of amides is 2. The number of nitrogens with zero attached hydrogens (tertiary/aromatic N) is 2. The first-order chi connectivity index (χ1) is 16.1. The number of anilines is 1. The van der Waals surface area contributed by atoms with E-state index in [-0.39, 0.29) is 30.3 Å². The first-order valence-electron chi connectivity index (χ1n) is 11.7. The van der Waals surface area contributed by atoms with Gasteiger partial charge in [0.05, 0.1) is 27.2 Å². The maximum Gasteiger partial charge on any atom is 0.241 e. The van der Waals surface area contributed by atoms with Crippen molar-refractivity contribution in [1.82, 2.24) is 10.2 Å². The van der Waals surface area contributed by atoms with Crippen LogP contribution in [0.25, 0.3) is 0 Å². The number of nitrogens with one attached hydrogen (secondary N) is 1. The summed E-state index contributed by atoms with van der Waals surface area (Å²) in [4.78, 5) is 29.7. The number of hydrogen-bond acceptors (Lipinski definition) is 5. The average Bonchev–Trinajstić information content (AvgIpc) is 2.84. The Bertz CT molecular complexity index is 992. The Labute approximate surface area is 207 Å². The molecule has 2 amide bonds. The lowest BCUT2D eigenvalue weighted by Crippen LogP contribution is -2.49. The fourth-order valence-corrected chi connectivity index (χ4v) is 4.76. The molecule has 7 nitrogen and oxygen atoms in total. The molecule has 0 radical (unpaired) electrons. The standard InChI is InChI=1S/C26H33N3O4.ClH/c1-32-23-10-9-19(16-24(23)33-2)17-25(30)27-21-11-14-28(15-12-21)18-26(31)29-13-5-7-20-6-3-4-8-22(20)29;/h3-4,6,8-10,16,21H,5,7,11-15,17-18H2,1-2H3,(H,27,30);1H. The van der Waals surface area contributed by atoms with Gasteiger partial charge in [0.15, 0.2) is 11.5 Å². The van der Waals surface area contributed by atoms with E-state index in [1.165, 1.54) is 5.56 Å². The Hall–Kier alpha value is -2.77. The number of likely N-dealkylation sites (tertiary alicyclic amines) is 1. The molecule has 0 unspecified atom stereocenters. The van der Waals surface area contributed by atoms with Crippen LogP contribution in [0.4, 0.5) is 5.69 Å². The van der Waals surface area contributed by atoms with Gasteiger partial charge in [-0.2, -0.15) is 0 Å². The normalized spacial score (nSPS) is 16.2. The number of piperidine rings is 1. The third kappa shape index (κ3) is 6.21. The number of ether oxygens (including phenoxy) is 2. The molecule has 2 heterocycles. The minimum atomic E-state index is 0. The quantitative estimate of drug-likeness (QED) is 0.649. The Kier molecular flexibility index (Phi) is 9.19. The zero-order chi connectivity index (χ0) is 23.2. The predicted octanol–water partition coefficient (Wildman–Crippen LogP) is 3.23. The number of aryl methyl sites for hydroxylation is 1. The second-order valence-corrected chi connectivity index (χ2v) is 8.76. The van der Waals surface area contributed by atoms with Gasteiger partial charge in [0.1, 0.15) is 0 Å². The lowest BCUT2D eigenvalue weighted by Gasteiger charge is -2.35. The second kappa shape index (κ2) is 12.1. The fraction of sp³-hybridized carbons (Fsp3) is 0.462. The maximum atomic E-state index is 13.0. The summed E-state index contributed by atoms with van der Waals surface area (Å²) >= 11 is 0. The molecule has 1 fully saturated rings. The number of para-hydroxylation sites is 1. The van der Waals surface area contributed by atoms with Crippen molar-refractivity contribution in [2.45, 2.75) is 38.1 Å². The van der Waals surface area contributed by atoms with Gasteiger partial charge in [0, 0.05) is 31.4 Å². The van der Waals surface area contributed by atoms with Gasteiger partial charge < -0.3 is 19.7 Å². The lowest BCUT2D eigenvalue weighted by molar-refractivity contribution is -0.122. The van der Waals surface area contributed by atoms with E-state index < -0.39 is 0 Å². The van der Waals surface area contributed by atoms with Crippen molar-refractivity contribution >= 4 is 29.9 Å². The zero-order valence-corrected chi connectivity index (χ0v) is 20.7. The highest BCUT2D eigenvalue weighted by atomic mass is 35.5. The van der Waals surface area contributed by atoms with Crippen molar-refractivity contribution in [3.8, 4) is 11.5 Å². The van der Waals surface area contributed by atoms with Crippen molar-refractivity contribution in [3.05, 3.63) is 53.6 Å². The first kappa shape index (κ1) is 25.8. The Morgan fingerprint density at radius 2 is 1.74 bits per heavy atom. The van der Waals surface area contributed by atoms with E-state index in [0.717, 1.165) is 56.6 Å². The minimum absolute atomic E-state index is 0. The number of carbonyl (C=O) groups is 2. The van der Waals surface area contributed by atoms with E-state index >= 15 is 0 Å². The van der Waals surface area contributed by atoms with E-state index in [0.29, 0.717) is 24.5 Å². The SMILES string of the molecule is COc1ccc(CC(=O)NC2CCN(CC(=O)N3CCCc4ccccc43)CC2)cc1OC.Cl. The largest absolute Gasteiger partial charge is 0.493 e. The van der Waals surface area contributed by atoms with Crippen LogP contribution < -0.4 is 19.7 Å². The lowest BCUT2D eigenvalue weighted by atomic mass is 10.0. The van der Waals surface area contributed by atoms with E-state index in [1.54, 1.807) is 14.2 Å². The van der Waals surface area contributed by atoms with Gasteiger partial charge in [-0.3, -0.25) is 14.5 Å². The molecular weight excluding hydrogens is 454 g/mol. The highest BCUT2D eigenvalue weighted by Crippen LogP contribution is 2.28. The molecule has 8 heteroatoms. The van der Waals surface area contributed by atoms with E-state index in [4.69, 9.17) is 9.47 Å². The summed E-state index contributed by atoms with van der Waals surface area (Å²) in [6.45, 7) is 2.84. The molecule has 2 aliphatic rings. The molecule has 1 N–H and O–H groups in total. The van der Waals surface area contributed by atoms with Gasteiger partial charge in [-0.1, -0.05) is 24.3 Å². The molecule has 0 saturated carbocycles. The number of benzene rings is 2. The Morgan fingerprint density at radius 3 is 2.47 bits per heavy atom. The molecule has 0 aromatic heterocycles. The van der Waals surface area contributed by atoms with Crippen molar-refractivity contribution < 1.29 is 19.1 Å². The average molecular weight is 488 g/mol. The molecule has 0 bridgehead atoms. The van der Waals surface area contributed by atoms with Crippen LogP contribution in [0.5, 0.6) is 11.5 Å². The number of hydrogen-bond donors (Lipinski definition) is 1. The van der Waals surface area contributed by atoms with Crippen LogP contribution in [0, 0.1) is 0 Å². The van der Waals surface area contributed by atoms with Gasteiger partial charge in [0.2, 0.25) is 11.8 Å². The molecule has 34 heavy (non-hydrogen) atoms. The molecule has 0 aliphatic carbocycles. The van der Waals surface area contributed by atoms with Crippen LogP contribution in [0.1, 0.15) is 30.4 Å². The van der Waals surface area contributed by atoms with E-state index in [9.17, 15) is 9.59 Å². The predicted molar refractivity (Wildman–Crippen MR) is 135 cm³/mol. The summed E-state index contributed by atoms with van der Waals surface area (Å²) in [7, 11) is 3.18. The maximum absolute atomic E-state index is 13.0. The molecule has 2 aliphatic heterocycles. The van der Waals surface area contributed by atoms with Gasteiger partial charge in [-0.25, -0.2) is 0 Å². The minimum Gasteiger partial charge on any atom is -0.493 e. The third-order valence-corrected chi connectivity index (χ3v) is 6.54. The van der Waals surface area contributed by atoms with Crippen LogP contribution >= 0.6 is 12.4 Å². The van der Waals surface area contributed by atoms with Crippen LogP contribution in [0.15, 0.2) is 42.5 Å². The summed E-state index contributed by atoms with van der Waals surface area (Å²) in [5, 5.41) is 3.15. The van der Waals surface area contributed by atoms with Gasteiger partial charge in [-0.05, 0) is 55.0 Å². The summed E-state index contributed by atoms with van der Waals surface area (Å²) in [6.07, 6.45) is 4.04. The highest BCUT2D eigenvalue weighted by molar-refractivity contribution is 5.96. The summed E-state index contributed by atoms with van der Waals surface area (Å²) in [5.41, 5.74) is 3.20. The van der Waals surface area contributed by atoms with E-state index in [2.05, 4.69) is 16.3 Å². The van der Waals surface area contributed by atoms with E-state index in [1.807, 2.05) is 41.3 Å². The highest BCUT2D eigenvalue weighted by Gasteiger charge is 2.26. The van der Waals surface area contributed by atoms with Crippen LogP contribution in [-0.4, -0.2) is 63.2 Å². The molecule has 2 aromatic carbocycles. The summed E-state index contributed by atoms with van der Waals surface area (Å²) < 4.78 is 10.6. The number of halogens is 1. The van der Waals surface area contributed by atoms with Crippen molar-refractivity contribution in [2.24, 2.45) is 0 Å². The third-order valence-electron chi connectivity index (χ3n) is 6.54. The molecule has 0 spiro atoms. The van der Waals surface area contributed by atoms with Crippen LogP contribution in [0.3, 0.4) is 0 Å². The fourth-order valence-electron chi connectivity index (χ4n) is 4.76. The zero-order valence-electron chi connectivity index (χ0n) is 19.9. The monoisotopic (exact) mass is 487 g/mol. The Balaban J connectivity index is 0.00000324. The van der Waals surface area contributed by atoms with Gasteiger partial charge >= 0.3 is 0 Å². The Morgan fingerprint density at radius 1 is 1.00 bits per heavy atom. The van der Waals surface area contributed by atoms with Crippen molar-refractivity contribution in [3.63, 3.8) is 0 Å². The number of rotatable bonds is 7. The van der Waals surface area contributed by atoms with Crippen LogP contribution in [0.2, 0.25) is 0 Å². The molecule has 4 rings (SSSR count). The van der Waals surface area contributed by atoms with Gasteiger partial charge in [-0.15, -0.1) is 12.4 Å². The van der Waals surface area contributed by atoms with Gasteiger partial charge in [0.25, 0.3) is 0 Å². The van der Waals surface area contributed by atoms with Crippen molar-refractivity contribution in [1.29, 1.82) is 0 Å². The topological polar surface area (TPSA) is 71.1 Å². The number of fused-ring (bicyclic) bond motifs is 1. The summed E-state index contributed by atoms with van der Waals surface area (Å²) in [5.74, 6) is 1.44. The number of carbonyl (C=O) groups excluding carboxylic acids is 2. The van der Waals surface area contributed by atoms with Crippen LogP contribution in [-0.2, 0) is 22.4 Å². The second-order valence-electron chi connectivity index (χ2n) is 8.76. The molecule has 2 aromatic rings. The smallest absolute Gasteiger partial charge is 0.241 e. The molecule has 184 valence electrons. The molecule has 1 saturated heterocycles. The molecular formula is C26H34ClN3O4.